The van der Waals surface area contributed by atoms with Crippen molar-refractivity contribution >= 4 is 16.0 Å². The molecule has 2 aliphatic heterocycles. The van der Waals surface area contributed by atoms with Crippen LogP contribution in [-0.2, 0) is 19.6 Å². The molecule has 128 valence electrons. The van der Waals surface area contributed by atoms with Crippen molar-refractivity contribution in [2.45, 2.75) is 24.3 Å². The van der Waals surface area contributed by atoms with Gasteiger partial charge < -0.3 is 4.74 Å². The van der Waals surface area contributed by atoms with Crippen LogP contribution in [0.1, 0.15) is 23.7 Å². The molecule has 0 amide bonds. The van der Waals surface area contributed by atoms with E-state index in [9.17, 15) is 13.2 Å². The van der Waals surface area contributed by atoms with Crippen LogP contribution in [0.15, 0.2) is 70.8 Å². The fraction of sp³-hybridized carbons (Fsp3) is 0.211. The number of cyclic esters (lactones) is 1. The van der Waals surface area contributed by atoms with Crippen molar-refractivity contribution in [3.63, 3.8) is 0 Å². The standard InChI is InChI=1S/C19H17NO4S/c1-13-7-9-15(10-8-13)25(22,23)20-12-11-16-17(20)18(24-19(16)21)14-5-3-2-4-6-14/h2-10,18H,11-12H2,1H3. The molecule has 2 aromatic carbocycles. The number of esters is 1. The second-order valence-electron chi connectivity index (χ2n) is 6.20. The quantitative estimate of drug-likeness (QED) is 0.794. The number of nitrogens with zero attached hydrogens (tertiary/aromatic N) is 1. The topological polar surface area (TPSA) is 63.7 Å². The first-order valence-electron chi connectivity index (χ1n) is 8.07. The Hall–Kier alpha value is -2.60. The molecule has 0 saturated carbocycles. The summed E-state index contributed by atoms with van der Waals surface area (Å²) >= 11 is 0. The Morgan fingerprint density at radius 3 is 2.40 bits per heavy atom. The van der Waals surface area contributed by atoms with E-state index in [-0.39, 0.29) is 11.4 Å². The van der Waals surface area contributed by atoms with Crippen molar-refractivity contribution in [3.05, 3.63) is 77.0 Å². The monoisotopic (exact) mass is 355 g/mol. The molecule has 0 spiro atoms. The predicted octanol–water partition coefficient (Wildman–Crippen LogP) is 2.94. The van der Waals surface area contributed by atoms with Gasteiger partial charge in [0.1, 0.15) is 0 Å². The van der Waals surface area contributed by atoms with Crippen molar-refractivity contribution < 1.29 is 17.9 Å². The maximum atomic E-state index is 13.1. The van der Waals surface area contributed by atoms with E-state index < -0.39 is 22.1 Å². The molecule has 0 aliphatic carbocycles. The van der Waals surface area contributed by atoms with Crippen molar-refractivity contribution in [2.24, 2.45) is 0 Å². The van der Waals surface area contributed by atoms with E-state index >= 15 is 0 Å². The summed E-state index contributed by atoms with van der Waals surface area (Å²) in [5.74, 6) is -0.426. The zero-order chi connectivity index (χ0) is 17.6. The highest BCUT2D eigenvalue weighted by molar-refractivity contribution is 7.89. The van der Waals surface area contributed by atoms with E-state index in [1.165, 1.54) is 4.31 Å². The molecule has 0 saturated heterocycles. The van der Waals surface area contributed by atoms with E-state index in [1.54, 1.807) is 24.3 Å². The summed E-state index contributed by atoms with van der Waals surface area (Å²) in [4.78, 5) is 12.4. The first-order valence-corrected chi connectivity index (χ1v) is 9.51. The Morgan fingerprint density at radius 1 is 1.04 bits per heavy atom. The number of carbonyl (C=O) groups excluding carboxylic acids is 1. The number of sulfonamides is 1. The van der Waals surface area contributed by atoms with Gasteiger partial charge in [-0.15, -0.1) is 0 Å². The second kappa shape index (κ2) is 5.74. The largest absolute Gasteiger partial charge is 0.448 e. The third-order valence-electron chi connectivity index (χ3n) is 4.57. The lowest BCUT2D eigenvalue weighted by molar-refractivity contribution is -0.140. The lowest BCUT2D eigenvalue weighted by Crippen LogP contribution is -2.30. The van der Waals surface area contributed by atoms with Crippen LogP contribution in [0.2, 0.25) is 0 Å². The Labute approximate surface area is 146 Å². The first kappa shape index (κ1) is 15.9. The molecule has 0 radical (unpaired) electrons. The van der Waals surface area contributed by atoms with Gasteiger partial charge >= 0.3 is 5.97 Å². The fourth-order valence-corrected chi connectivity index (χ4v) is 4.81. The van der Waals surface area contributed by atoms with E-state index in [1.807, 2.05) is 37.3 Å². The van der Waals surface area contributed by atoms with Crippen LogP contribution >= 0.6 is 0 Å². The molecular formula is C19H17NO4S. The Bertz CT molecular complexity index is 962. The minimum atomic E-state index is -3.73. The zero-order valence-electron chi connectivity index (χ0n) is 13.7. The van der Waals surface area contributed by atoms with Crippen molar-refractivity contribution in [2.75, 3.05) is 6.54 Å². The molecule has 0 bridgehead atoms. The summed E-state index contributed by atoms with van der Waals surface area (Å²) in [5, 5.41) is 0. The Morgan fingerprint density at radius 2 is 1.72 bits per heavy atom. The molecule has 1 unspecified atom stereocenters. The molecule has 2 aliphatic rings. The SMILES string of the molecule is Cc1ccc(S(=O)(=O)N2CCC3=C2C(c2ccccc2)OC3=O)cc1. The molecule has 2 aromatic rings. The minimum Gasteiger partial charge on any atom is -0.448 e. The summed E-state index contributed by atoms with van der Waals surface area (Å²) < 4.78 is 33.0. The molecule has 25 heavy (non-hydrogen) atoms. The lowest BCUT2D eigenvalue weighted by atomic mass is 10.1. The highest BCUT2D eigenvalue weighted by Gasteiger charge is 2.46. The predicted molar refractivity (Wildman–Crippen MR) is 92.0 cm³/mol. The maximum Gasteiger partial charge on any atom is 0.337 e. The first-order chi connectivity index (χ1) is 12.0. The van der Waals surface area contributed by atoms with Crippen molar-refractivity contribution in [1.82, 2.24) is 4.31 Å². The fourth-order valence-electron chi connectivity index (χ4n) is 3.28. The van der Waals surface area contributed by atoms with E-state index in [4.69, 9.17) is 4.74 Å². The highest BCUT2D eigenvalue weighted by Crippen LogP contribution is 2.44. The molecule has 0 aromatic heterocycles. The second-order valence-corrected chi connectivity index (χ2v) is 8.06. The molecule has 1 atom stereocenters. The third-order valence-corrected chi connectivity index (χ3v) is 6.40. The normalized spacial score (nSPS) is 20.0. The smallest absolute Gasteiger partial charge is 0.337 e. The summed E-state index contributed by atoms with van der Waals surface area (Å²) in [6, 6.07) is 15.9. The van der Waals surface area contributed by atoms with Crippen LogP contribution in [-0.4, -0.2) is 25.2 Å². The van der Waals surface area contributed by atoms with Gasteiger partial charge in [0.05, 0.1) is 16.2 Å². The average molecular weight is 355 g/mol. The van der Waals surface area contributed by atoms with Crippen LogP contribution in [0.3, 0.4) is 0 Å². The van der Waals surface area contributed by atoms with Gasteiger partial charge in [-0.1, -0.05) is 48.0 Å². The van der Waals surface area contributed by atoms with Gasteiger partial charge in [0.2, 0.25) is 0 Å². The van der Waals surface area contributed by atoms with Gasteiger partial charge in [0, 0.05) is 13.0 Å². The van der Waals surface area contributed by atoms with Crippen LogP contribution in [0.25, 0.3) is 0 Å². The number of hydrogen-bond acceptors (Lipinski definition) is 4. The number of carbonyl (C=O) groups is 1. The summed E-state index contributed by atoms with van der Waals surface area (Å²) in [5.41, 5.74) is 2.68. The van der Waals surface area contributed by atoms with Crippen molar-refractivity contribution in [3.8, 4) is 0 Å². The van der Waals surface area contributed by atoms with E-state index in [0.29, 0.717) is 17.7 Å². The lowest BCUT2D eigenvalue weighted by Gasteiger charge is -2.25. The van der Waals surface area contributed by atoms with E-state index in [0.717, 1.165) is 11.1 Å². The van der Waals surface area contributed by atoms with Crippen LogP contribution in [0.4, 0.5) is 0 Å². The van der Waals surface area contributed by atoms with E-state index in [2.05, 4.69) is 0 Å². The van der Waals surface area contributed by atoms with Gasteiger partial charge in [0.15, 0.2) is 6.10 Å². The number of ether oxygens (including phenoxy) is 1. The zero-order valence-corrected chi connectivity index (χ0v) is 14.5. The third kappa shape index (κ3) is 2.53. The summed E-state index contributed by atoms with van der Waals surface area (Å²) in [7, 11) is -3.73. The van der Waals surface area contributed by atoms with Crippen LogP contribution < -0.4 is 0 Å². The summed E-state index contributed by atoms with van der Waals surface area (Å²) in [6.45, 7) is 2.17. The van der Waals surface area contributed by atoms with Crippen molar-refractivity contribution in [1.29, 1.82) is 0 Å². The minimum absolute atomic E-state index is 0.220. The molecule has 6 heteroatoms. The molecule has 5 nitrogen and oxygen atoms in total. The molecule has 0 fully saturated rings. The number of benzene rings is 2. The van der Waals surface area contributed by atoms with Gasteiger partial charge in [-0.25, -0.2) is 13.2 Å². The molecule has 0 N–H and O–H groups in total. The molecule has 2 heterocycles. The molecular weight excluding hydrogens is 338 g/mol. The number of aryl methyl sites for hydroxylation is 1. The van der Waals surface area contributed by atoms with Gasteiger partial charge in [0.25, 0.3) is 10.0 Å². The van der Waals surface area contributed by atoms with Gasteiger partial charge in [-0.2, -0.15) is 0 Å². The Kier molecular flexibility index (Phi) is 3.65. The maximum absolute atomic E-state index is 13.1. The van der Waals surface area contributed by atoms with Gasteiger partial charge in [-0.05, 0) is 24.6 Å². The number of rotatable bonds is 3. The molecule has 4 rings (SSSR count). The highest BCUT2D eigenvalue weighted by atomic mass is 32.2. The van der Waals surface area contributed by atoms with Crippen LogP contribution in [0.5, 0.6) is 0 Å². The Balaban J connectivity index is 1.78. The number of hydrogen-bond donors (Lipinski definition) is 0. The summed E-state index contributed by atoms with van der Waals surface area (Å²) in [6.07, 6.45) is -0.297. The van der Waals surface area contributed by atoms with Crippen LogP contribution in [0, 0.1) is 6.92 Å². The van der Waals surface area contributed by atoms with Gasteiger partial charge in [-0.3, -0.25) is 4.31 Å². The average Bonchev–Trinajstić information content (AvgIpc) is 3.18.